The summed E-state index contributed by atoms with van der Waals surface area (Å²) in [6.45, 7) is 0. The number of para-hydroxylation sites is 1. The fourth-order valence-corrected chi connectivity index (χ4v) is 1.78. The van der Waals surface area contributed by atoms with Gasteiger partial charge in [-0.3, -0.25) is 5.32 Å². The maximum atomic E-state index is 11.3. The van der Waals surface area contributed by atoms with Crippen LogP contribution in [0.5, 0.6) is 5.75 Å². The molecule has 0 aliphatic heterocycles. The summed E-state index contributed by atoms with van der Waals surface area (Å²) in [6.07, 6.45) is -0.485. The van der Waals surface area contributed by atoms with Crippen molar-refractivity contribution in [1.29, 1.82) is 0 Å². The van der Waals surface area contributed by atoms with Crippen LogP contribution in [0.2, 0.25) is 0 Å². The topological polar surface area (TPSA) is 47.6 Å². The predicted molar refractivity (Wildman–Crippen MR) is 74.5 cm³/mol. The smallest absolute Gasteiger partial charge is 0.411 e. The highest BCUT2D eigenvalue weighted by Crippen LogP contribution is 2.29. The van der Waals surface area contributed by atoms with Gasteiger partial charge in [-0.25, -0.2) is 4.79 Å². The molecule has 0 spiro atoms. The number of hydrogen-bond acceptors (Lipinski definition) is 3. The Morgan fingerprint density at radius 1 is 1.00 bits per heavy atom. The van der Waals surface area contributed by atoms with Crippen molar-refractivity contribution in [1.82, 2.24) is 0 Å². The molecule has 0 saturated heterocycles. The van der Waals surface area contributed by atoms with Crippen LogP contribution >= 0.6 is 0 Å². The molecular weight excluding hydrogens is 242 g/mol. The van der Waals surface area contributed by atoms with E-state index in [1.807, 2.05) is 48.5 Å². The van der Waals surface area contributed by atoms with Crippen LogP contribution < -0.4 is 10.1 Å². The Labute approximate surface area is 112 Å². The normalized spacial score (nSPS) is 9.79. The zero-order valence-corrected chi connectivity index (χ0v) is 10.8. The molecule has 19 heavy (non-hydrogen) atoms. The molecule has 0 fully saturated rings. The molecule has 0 aliphatic rings. The molecular formula is C15H15NO3. The molecule has 1 N–H and O–H groups in total. The third-order valence-electron chi connectivity index (χ3n) is 2.75. The first-order valence-corrected chi connectivity index (χ1v) is 5.83. The van der Waals surface area contributed by atoms with E-state index in [0.717, 1.165) is 16.9 Å². The number of carbonyl (C=O) groups is 1. The zero-order chi connectivity index (χ0) is 13.7. The van der Waals surface area contributed by atoms with Crippen LogP contribution in [0.3, 0.4) is 0 Å². The fraction of sp³-hybridized carbons (Fsp3) is 0.133. The number of nitrogens with one attached hydrogen (secondary N) is 1. The van der Waals surface area contributed by atoms with Crippen molar-refractivity contribution >= 4 is 11.8 Å². The Hall–Kier alpha value is -2.49. The van der Waals surface area contributed by atoms with E-state index in [1.54, 1.807) is 7.11 Å². The van der Waals surface area contributed by atoms with E-state index in [1.165, 1.54) is 7.11 Å². The number of rotatable bonds is 3. The van der Waals surface area contributed by atoms with Crippen LogP contribution in [0.25, 0.3) is 11.1 Å². The van der Waals surface area contributed by atoms with Gasteiger partial charge in [0.2, 0.25) is 0 Å². The summed E-state index contributed by atoms with van der Waals surface area (Å²) in [7, 11) is 2.97. The SMILES string of the molecule is COC(=O)Nc1ccccc1-c1ccc(OC)cc1. The highest BCUT2D eigenvalue weighted by molar-refractivity contribution is 5.91. The molecule has 2 aromatic rings. The molecule has 0 unspecified atom stereocenters. The Kier molecular flexibility index (Phi) is 4.03. The maximum Gasteiger partial charge on any atom is 0.411 e. The molecule has 2 aromatic carbocycles. The molecule has 4 heteroatoms. The van der Waals surface area contributed by atoms with Crippen molar-refractivity contribution in [3.05, 3.63) is 48.5 Å². The summed E-state index contributed by atoms with van der Waals surface area (Å²) in [5.74, 6) is 0.794. The van der Waals surface area contributed by atoms with Crippen LogP contribution in [-0.4, -0.2) is 20.3 Å². The molecule has 0 bridgehead atoms. The number of benzene rings is 2. The largest absolute Gasteiger partial charge is 0.497 e. The zero-order valence-electron chi connectivity index (χ0n) is 10.8. The number of anilines is 1. The van der Waals surface area contributed by atoms with Gasteiger partial charge in [0.15, 0.2) is 0 Å². The standard InChI is InChI=1S/C15H15NO3/c1-18-12-9-7-11(8-10-12)13-5-3-4-6-14(13)16-15(17)19-2/h3-10H,1-2H3,(H,16,17). The van der Waals surface area contributed by atoms with Crippen molar-refractivity contribution in [3.63, 3.8) is 0 Å². The van der Waals surface area contributed by atoms with E-state index in [4.69, 9.17) is 4.74 Å². The number of amides is 1. The average Bonchev–Trinajstić information content (AvgIpc) is 2.48. The maximum absolute atomic E-state index is 11.3. The first-order chi connectivity index (χ1) is 9.24. The van der Waals surface area contributed by atoms with Crippen molar-refractivity contribution in [3.8, 4) is 16.9 Å². The van der Waals surface area contributed by atoms with Crippen molar-refractivity contribution in [2.45, 2.75) is 0 Å². The van der Waals surface area contributed by atoms with Gasteiger partial charge in [-0.05, 0) is 23.8 Å². The van der Waals surface area contributed by atoms with Crippen LogP contribution in [0.15, 0.2) is 48.5 Å². The number of ether oxygens (including phenoxy) is 2. The summed E-state index contributed by atoms with van der Waals surface area (Å²) in [4.78, 5) is 11.3. The second kappa shape index (κ2) is 5.91. The first-order valence-electron chi connectivity index (χ1n) is 5.83. The van der Waals surface area contributed by atoms with Gasteiger partial charge in [0, 0.05) is 5.56 Å². The van der Waals surface area contributed by atoms with Gasteiger partial charge in [-0.2, -0.15) is 0 Å². The van der Waals surface area contributed by atoms with E-state index in [2.05, 4.69) is 10.1 Å². The lowest BCUT2D eigenvalue weighted by molar-refractivity contribution is 0.187. The summed E-state index contributed by atoms with van der Waals surface area (Å²) in [5.41, 5.74) is 2.63. The summed E-state index contributed by atoms with van der Waals surface area (Å²) in [5, 5.41) is 2.69. The third-order valence-corrected chi connectivity index (χ3v) is 2.75. The van der Waals surface area contributed by atoms with Gasteiger partial charge in [0.25, 0.3) is 0 Å². The van der Waals surface area contributed by atoms with Gasteiger partial charge >= 0.3 is 6.09 Å². The molecule has 0 heterocycles. The third kappa shape index (κ3) is 3.04. The van der Waals surface area contributed by atoms with Gasteiger partial charge in [-0.1, -0.05) is 30.3 Å². The van der Waals surface area contributed by atoms with Crippen molar-refractivity contribution < 1.29 is 14.3 Å². The van der Waals surface area contributed by atoms with Crippen LogP contribution in [0.1, 0.15) is 0 Å². The van der Waals surface area contributed by atoms with Crippen molar-refractivity contribution in [2.24, 2.45) is 0 Å². The molecule has 0 atom stereocenters. The Balaban J connectivity index is 2.35. The molecule has 0 aromatic heterocycles. The van der Waals surface area contributed by atoms with Gasteiger partial charge < -0.3 is 9.47 Å². The van der Waals surface area contributed by atoms with Crippen LogP contribution in [0.4, 0.5) is 10.5 Å². The lowest BCUT2D eigenvalue weighted by Crippen LogP contribution is -2.11. The van der Waals surface area contributed by atoms with E-state index in [0.29, 0.717) is 5.69 Å². The highest BCUT2D eigenvalue weighted by Gasteiger charge is 2.07. The molecule has 0 aliphatic carbocycles. The lowest BCUT2D eigenvalue weighted by Gasteiger charge is -2.10. The van der Waals surface area contributed by atoms with E-state index >= 15 is 0 Å². The predicted octanol–water partition coefficient (Wildman–Crippen LogP) is 3.54. The van der Waals surface area contributed by atoms with Gasteiger partial charge in [0.05, 0.1) is 19.9 Å². The quantitative estimate of drug-likeness (QED) is 0.914. The Morgan fingerprint density at radius 3 is 2.32 bits per heavy atom. The summed E-state index contributed by atoms with van der Waals surface area (Å²) in [6, 6.07) is 15.2. The Morgan fingerprint density at radius 2 is 1.68 bits per heavy atom. The van der Waals surface area contributed by atoms with Gasteiger partial charge in [0.1, 0.15) is 5.75 Å². The number of carbonyl (C=O) groups excluding carboxylic acids is 1. The monoisotopic (exact) mass is 257 g/mol. The van der Waals surface area contributed by atoms with Crippen LogP contribution in [0, 0.1) is 0 Å². The fourth-order valence-electron chi connectivity index (χ4n) is 1.78. The van der Waals surface area contributed by atoms with E-state index in [-0.39, 0.29) is 0 Å². The number of methoxy groups -OCH3 is 2. The van der Waals surface area contributed by atoms with Gasteiger partial charge in [-0.15, -0.1) is 0 Å². The molecule has 0 radical (unpaired) electrons. The highest BCUT2D eigenvalue weighted by atomic mass is 16.5. The molecule has 1 amide bonds. The average molecular weight is 257 g/mol. The van der Waals surface area contributed by atoms with E-state index < -0.39 is 6.09 Å². The minimum atomic E-state index is -0.485. The molecule has 2 rings (SSSR count). The second-order valence-electron chi connectivity index (χ2n) is 3.89. The number of hydrogen-bond donors (Lipinski definition) is 1. The lowest BCUT2D eigenvalue weighted by atomic mass is 10.0. The summed E-state index contributed by atoms with van der Waals surface area (Å²) < 4.78 is 9.74. The first kappa shape index (κ1) is 13.0. The molecule has 98 valence electrons. The van der Waals surface area contributed by atoms with Crippen molar-refractivity contribution in [2.75, 3.05) is 19.5 Å². The second-order valence-corrected chi connectivity index (χ2v) is 3.89. The van der Waals surface area contributed by atoms with E-state index in [9.17, 15) is 4.79 Å². The minimum Gasteiger partial charge on any atom is -0.497 e. The summed E-state index contributed by atoms with van der Waals surface area (Å²) >= 11 is 0. The molecule has 4 nitrogen and oxygen atoms in total. The minimum absolute atomic E-state index is 0.485. The molecule has 0 saturated carbocycles. The Bertz CT molecular complexity index is 564. The van der Waals surface area contributed by atoms with Crippen LogP contribution in [-0.2, 0) is 4.74 Å².